The lowest BCUT2D eigenvalue weighted by Gasteiger charge is -2.35. The summed E-state index contributed by atoms with van der Waals surface area (Å²) in [5.41, 5.74) is 1.16. The number of hydrogen-bond donors (Lipinski definition) is 2. The van der Waals surface area contributed by atoms with Gasteiger partial charge < -0.3 is 14.9 Å². The maximum Gasteiger partial charge on any atom is 0.154 e. The molecule has 3 heteroatoms. The van der Waals surface area contributed by atoms with Gasteiger partial charge in [-0.05, 0) is 18.4 Å². The Labute approximate surface area is 89.3 Å². The first-order chi connectivity index (χ1) is 7.25. The molecule has 1 aromatic carbocycles. The Balaban J connectivity index is 1.69. The van der Waals surface area contributed by atoms with Gasteiger partial charge in [-0.1, -0.05) is 30.3 Å². The molecule has 1 fully saturated rings. The topological polar surface area (TPSA) is 49.7 Å². The first-order valence-electron chi connectivity index (χ1n) is 5.27. The van der Waals surface area contributed by atoms with Crippen LogP contribution in [0.4, 0.5) is 0 Å². The van der Waals surface area contributed by atoms with Crippen LogP contribution in [0.3, 0.4) is 0 Å². The van der Waals surface area contributed by atoms with Crippen molar-refractivity contribution in [3.63, 3.8) is 0 Å². The molecule has 0 saturated heterocycles. The van der Waals surface area contributed by atoms with Crippen LogP contribution < -0.4 is 0 Å². The lowest BCUT2D eigenvalue weighted by atomic mass is 9.82. The van der Waals surface area contributed by atoms with Crippen LogP contribution in [-0.4, -0.2) is 22.6 Å². The van der Waals surface area contributed by atoms with Gasteiger partial charge in [0.05, 0.1) is 12.7 Å². The van der Waals surface area contributed by atoms with Crippen molar-refractivity contribution in [2.24, 2.45) is 5.92 Å². The van der Waals surface area contributed by atoms with Gasteiger partial charge in [0.1, 0.15) is 0 Å². The summed E-state index contributed by atoms with van der Waals surface area (Å²) in [4.78, 5) is 0. The van der Waals surface area contributed by atoms with Gasteiger partial charge in [-0.2, -0.15) is 0 Å². The zero-order valence-electron chi connectivity index (χ0n) is 8.54. The van der Waals surface area contributed by atoms with Gasteiger partial charge >= 0.3 is 0 Å². The minimum atomic E-state index is -1.18. The van der Waals surface area contributed by atoms with Crippen molar-refractivity contribution in [2.75, 3.05) is 0 Å². The first kappa shape index (κ1) is 10.6. The Morgan fingerprint density at radius 1 is 1.20 bits per heavy atom. The number of benzene rings is 1. The maximum atomic E-state index is 8.88. The highest BCUT2D eigenvalue weighted by atomic mass is 16.5. The maximum absolute atomic E-state index is 8.88. The van der Waals surface area contributed by atoms with Gasteiger partial charge in [-0.15, -0.1) is 0 Å². The van der Waals surface area contributed by atoms with Crippen LogP contribution in [-0.2, 0) is 11.3 Å². The Kier molecular flexibility index (Phi) is 3.36. The number of aliphatic hydroxyl groups is 2. The fourth-order valence-electron chi connectivity index (χ4n) is 1.77. The van der Waals surface area contributed by atoms with E-state index < -0.39 is 6.29 Å². The SMILES string of the molecule is OC(O)C1CC(OCc2ccccc2)C1. The third kappa shape index (κ3) is 2.78. The Hall–Kier alpha value is -0.900. The summed E-state index contributed by atoms with van der Waals surface area (Å²) in [6.45, 7) is 0.611. The van der Waals surface area contributed by atoms with Crippen molar-refractivity contribution in [3.05, 3.63) is 35.9 Å². The van der Waals surface area contributed by atoms with Crippen LogP contribution in [0.5, 0.6) is 0 Å². The third-order valence-electron chi connectivity index (χ3n) is 2.88. The lowest BCUT2D eigenvalue weighted by molar-refractivity contribution is -0.151. The van der Waals surface area contributed by atoms with Crippen LogP contribution >= 0.6 is 0 Å². The summed E-state index contributed by atoms with van der Waals surface area (Å²) in [7, 11) is 0. The highest BCUT2D eigenvalue weighted by Crippen LogP contribution is 2.32. The van der Waals surface area contributed by atoms with Gasteiger partial charge in [0.25, 0.3) is 0 Å². The fourth-order valence-corrected chi connectivity index (χ4v) is 1.77. The van der Waals surface area contributed by atoms with Crippen molar-refractivity contribution in [3.8, 4) is 0 Å². The second-order valence-electron chi connectivity index (χ2n) is 4.06. The largest absolute Gasteiger partial charge is 0.374 e. The highest BCUT2D eigenvalue weighted by molar-refractivity contribution is 5.13. The fraction of sp³-hybridized carbons (Fsp3) is 0.500. The average Bonchev–Trinajstić information content (AvgIpc) is 2.16. The second kappa shape index (κ2) is 4.75. The van der Waals surface area contributed by atoms with E-state index in [0.29, 0.717) is 6.61 Å². The Bertz CT molecular complexity index is 291. The van der Waals surface area contributed by atoms with Crippen molar-refractivity contribution in [2.45, 2.75) is 31.8 Å². The molecule has 0 bridgehead atoms. The summed E-state index contributed by atoms with van der Waals surface area (Å²) >= 11 is 0. The third-order valence-corrected chi connectivity index (χ3v) is 2.88. The average molecular weight is 208 g/mol. The second-order valence-corrected chi connectivity index (χ2v) is 4.06. The van der Waals surface area contributed by atoms with Crippen molar-refractivity contribution in [1.82, 2.24) is 0 Å². The molecule has 0 radical (unpaired) electrons. The Morgan fingerprint density at radius 2 is 1.87 bits per heavy atom. The zero-order valence-corrected chi connectivity index (χ0v) is 8.54. The van der Waals surface area contributed by atoms with Gasteiger partial charge in [0.15, 0.2) is 6.29 Å². The van der Waals surface area contributed by atoms with E-state index in [-0.39, 0.29) is 12.0 Å². The van der Waals surface area contributed by atoms with E-state index in [1.807, 2.05) is 30.3 Å². The summed E-state index contributed by atoms with van der Waals surface area (Å²) in [6, 6.07) is 10.00. The molecule has 2 N–H and O–H groups in total. The molecule has 0 atom stereocenters. The summed E-state index contributed by atoms with van der Waals surface area (Å²) < 4.78 is 5.62. The number of rotatable bonds is 4. The van der Waals surface area contributed by atoms with E-state index in [9.17, 15) is 0 Å². The molecule has 82 valence electrons. The van der Waals surface area contributed by atoms with Crippen LogP contribution in [0.1, 0.15) is 18.4 Å². The predicted octanol–water partition coefficient (Wildman–Crippen LogP) is 1.29. The van der Waals surface area contributed by atoms with Crippen LogP contribution in [0.15, 0.2) is 30.3 Å². The number of aliphatic hydroxyl groups excluding tert-OH is 1. The Morgan fingerprint density at radius 3 is 2.47 bits per heavy atom. The van der Waals surface area contributed by atoms with E-state index in [4.69, 9.17) is 14.9 Å². The molecule has 15 heavy (non-hydrogen) atoms. The van der Waals surface area contributed by atoms with Gasteiger partial charge in [-0.25, -0.2) is 0 Å². The summed E-state index contributed by atoms with van der Waals surface area (Å²) in [6.07, 6.45) is 0.522. The summed E-state index contributed by atoms with van der Waals surface area (Å²) in [5.74, 6) is 0.00535. The minimum absolute atomic E-state index is 0.00535. The molecule has 1 saturated carbocycles. The number of hydrogen-bond acceptors (Lipinski definition) is 3. The molecule has 1 aliphatic rings. The molecule has 0 aliphatic heterocycles. The van der Waals surface area contributed by atoms with Gasteiger partial charge in [0.2, 0.25) is 0 Å². The van der Waals surface area contributed by atoms with Crippen molar-refractivity contribution < 1.29 is 14.9 Å². The van der Waals surface area contributed by atoms with E-state index in [2.05, 4.69) is 0 Å². The highest BCUT2D eigenvalue weighted by Gasteiger charge is 2.34. The minimum Gasteiger partial charge on any atom is -0.374 e. The molecule has 3 nitrogen and oxygen atoms in total. The molecule has 0 amide bonds. The molecule has 0 aromatic heterocycles. The molecule has 1 aromatic rings. The quantitative estimate of drug-likeness (QED) is 0.733. The lowest BCUT2D eigenvalue weighted by Crippen LogP contribution is -2.38. The molecular formula is C12H16O3. The van der Waals surface area contributed by atoms with Crippen LogP contribution in [0, 0.1) is 5.92 Å². The first-order valence-corrected chi connectivity index (χ1v) is 5.27. The smallest absolute Gasteiger partial charge is 0.154 e. The van der Waals surface area contributed by atoms with Gasteiger partial charge in [-0.3, -0.25) is 0 Å². The van der Waals surface area contributed by atoms with E-state index in [1.165, 1.54) is 0 Å². The molecule has 2 rings (SSSR count). The summed E-state index contributed by atoms with van der Waals surface area (Å²) in [5, 5.41) is 17.8. The van der Waals surface area contributed by atoms with Gasteiger partial charge in [0, 0.05) is 5.92 Å². The molecule has 1 aliphatic carbocycles. The van der Waals surface area contributed by atoms with E-state index in [0.717, 1.165) is 18.4 Å². The molecular weight excluding hydrogens is 192 g/mol. The predicted molar refractivity (Wildman–Crippen MR) is 56.0 cm³/mol. The molecule has 0 spiro atoms. The zero-order chi connectivity index (χ0) is 10.7. The molecule has 0 heterocycles. The van der Waals surface area contributed by atoms with Crippen LogP contribution in [0.25, 0.3) is 0 Å². The normalized spacial score (nSPS) is 25.3. The monoisotopic (exact) mass is 208 g/mol. The van der Waals surface area contributed by atoms with Crippen LogP contribution in [0.2, 0.25) is 0 Å². The van der Waals surface area contributed by atoms with E-state index >= 15 is 0 Å². The standard InChI is InChI=1S/C12H16O3/c13-12(14)10-6-11(7-10)15-8-9-4-2-1-3-5-9/h1-5,10-14H,6-8H2. The molecule has 0 unspecified atom stereocenters. The van der Waals surface area contributed by atoms with E-state index in [1.54, 1.807) is 0 Å². The number of ether oxygens (including phenoxy) is 1. The van der Waals surface area contributed by atoms with Crippen molar-refractivity contribution in [1.29, 1.82) is 0 Å². The van der Waals surface area contributed by atoms with Crippen molar-refractivity contribution >= 4 is 0 Å².